The van der Waals surface area contributed by atoms with Gasteiger partial charge in [0.1, 0.15) is 6.61 Å². The Labute approximate surface area is 157 Å². The molecule has 0 spiro atoms. The van der Waals surface area contributed by atoms with Crippen molar-refractivity contribution in [3.63, 3.8) is 0 Å². The monoisotopic (exact) mass is 369 g/mol. The van der Waals surface area contributed by atoms with Crippen LogP contribution in [0.4, 0.5) is 0 Å². The fraction of sp³-hybridized carbons (Fsp3) is 0.238. The Bertz CT molecular complexity index is 871. The molecule has 26 heavy (non-hydrogen) atoms. The number of carbonyl (C=O) groups is 2. The Kier molecular flexibility index (Phi) is 5.43. The average Bonchev–Trinajstić information content (AvgIpc) is 2.61. The largest absolute Gasteiger partial charge is 0.457 e. The molecule has 134 valence electrons. The van der Waals surface area contributed by atoms with Crippen LogP contribution in [0.15, 0.2) is 59.8 Å². The molecule has 0 aromatic heterocycles. The number of carbonyl (C=O) groups excluding carboxylic acids is 2. The van der Waals surface area contributed by atoms with Gasteiger partial charge < -0.3 is 10.1 Å². The smallest absolute Gasteiger partial charge is 0.336 e. The van der Waals surface area contributed by atoms with E-state index >= 15 is 0 Å². The van der Waals surface area contributed by atoms with Crippen molar-refractivity contribution < 1.29 is 14.3 Å². The number of hydrogen-bond donors (Lipinski definition) is 1. The number of hydrogen-bond acceptors (Lipinski definition) is 3. The minimum Gasteiger partial charge on any atom is -0.457 e. The lowest BCUT2D eigenvalue weighted by atomic mass is 9.84. The highest BCUT2D eigenvalue weighted by molar-refractivity contribution is 6.31. The molecule has 1 aliphatic rings. The van der Waals surface area contributed by atoms with E-state index in [9.17, 15) is 9.59 Å². The van der Waals surface area contributed by atoms with Crippen LogP contribution in [0.25, 0.3) is 0 Å². The number of esters is 1. The molecule has 1 aliphatic heterocycles. The standard InChI is InChI=1S/C21H20ClNO3/c1-13-7-9-15(10-8-13)12-26-21(25)20-14(2)23-19(24)11-17(20)16-5-3-4-6-18(16)22/h3-10,17H,11-12H2,1-2H3,(H,23,24)/t17-/m1/s1. The van der Waals surface area contributed by atoms with E-state index in [1.165, 1.54) is 0 Å². The van der Waals surface area contributed by atoms with Crippen molar-refractivity contribution in [3.8, 4) is 0 Å². The fourth-order valence-electron chi connectivity index (χ4n) is 3.11. The molecule has 0 radical (unpaired) electrons. The van der Waals surface area contributed by atoms with Gasteiger partial charge in [0.15, 0.2) is 0 Å². The lowest BCUT2D eigenvalue weighted by Gasteiger charge is -2.27. The summed E-state index contributed by atoms with van der Waals surface area (Å²) < 4.78 is 5.51. The van der Waals surface area contributed by atoms with Gasteiger partial charge in [0.25, 0.3) is 0 Å². The molecule has 2 aromatic carbocycles. The van der Waals surface area contributed by atoms with Gasteiger partial charge in [-0.1, -0.05) is 59.6 Å². The van der Waals surface area contributed by atoms with E-state index in [1.54, 1.807) is 13.0 Å². The SMILES string of the molecule is CC1=C(C(=O)OCc2ccc(C)cc2)[C@@H](c2ccccc2Cl)CC(=O)N1. The summed E-state index contributed by atoms with van der Waals surface area (Å²) in [6.07, 6.45) is 0.163. The number of nitrogens with one attached hydrogen (secondary N) is 1. The number of ether oxygens (including phenoxy) is 1. The van der Waals surface area contributed by atoms with Crippen LogP contribution >= 0.6 is 11.6 Å². The molecule has 0 saturated carbocycles. The number of amides is 1. The second kappa shape index (κ2) is 7.75. The predicted octanol–water partition coefficient (Wildman–Crippen LogP) is 4.27. The second-order valence-corrected chi connectivity index (χ2v) is 6.83. The molecule has 0 fully saturated rings. The van der Waals surface area contributed by atoms with Gasteiger partial charge in [-0.15, -0.1) is 0 Å². The molecule has 1 atom stereocenters. The van der Waals surface area contributed by atoms with Crippen LogP contribution in [-0.2, 0) is 20.9 Å². The Morgan fingerprint density at radius 1 is 1.15 bits per heavy atom. The van der Waals surface area contributed by atoms with Crippen molar-refractivity contribution in [2.24, 2.45) is 0 Å². The van der Waals surface area contributed by atoms with Gasteiger partial charge in [0.05, 0.1) is 5.57 Å². The molecule has 0 bridgehead atoms. The van der Waals surface area contributed by atoms with Gasteiger partial charge in [-0.25, -0.2) is 4.79 Å². The molecule has 3 rings (SSSR count). The first-order chi connectivity index (χ1) is 12.5. The van der Waals surface area contributed by atoms with Crippen LogP contribution in [0, 0.1) is 6.92 Å². The number of aryl methyl sites for hydroxylation is 1. The zero-order chi connectivity index (χ0) is 18.7. The van der Waals surface area contributed by atoms with Crippen LogP contribution in [0.2, 0.25) is 5.02 Å². The molecule has 1 heterocycles. The van der Waals surface area contributed by atoms with Gasteiger partial charge in [-0.05, 0) is 31.0 Å². The summed E-state index contributed by atoms with van der Waals surface area (Å²) in [5, 5.41) is 3.26. The summed E-state index contributed by atoms with van der Waals surface area (Å²) in [4.78, 5) is 24.8. The Hall–Kier alpha value is -2.59. The van der Waals surface area contributed by atoms with Gasteiger partial charge in [-0.3, -0.25) is 4.79 Å². The maximum atomic E-state index is 12.8. The van der Waals surface area contributed by atoms with E-state index in [0.717, 1.165) is 16.7 Å². The maximum absolute atomic E-state index is 12.8. The third-order valence-corrected chi connectivity index (χ3v) is 4.80. The fourth-order valence-corrected chi connectivity index (χ4v) is 3.37. The highest BCUT2D eigenvalue weighted by Gasteiger charge is 2.33. The number of benzene rings is 2. The summed E-state index contributed by atoms with van der Waals surface area (Å²) in [6, 6.07) is 15.1. The Morgan fingerprint density at radius 3 is 2.54 bits per heavy atom. The highest BCUT2D eigenvalue weighted by Crippen LogP contribution is 2.37. The van der Waals surface area contributed by atoms with E-state index < -0.39 is 11.9 Å². The molecule has 4 nitrogen and oxygen atoms in total. The first kappa shape index (κ1) is 18.2. The third kappa shape index (κ3) is 3.97. The Balaban J connectivity index is 1.85. The van der Waals surface area contributed by atoms with Crippen LogP contribution in [0.1, 0.15) is 36.0 Å². The highest BCUT2D eigenvalue weighted by atomic mass is 35.5. The minimum absolute atomic E-state index is 0.137. The van der Waals surface area contributed by atoms with Gasteiger partial charge >= 0.3 is 5.97 Å². The first-order valence-electron chi connectivity index (χ1n) is 8.43. The molecule has 5 heteroatoms. The van der Waals surface area contributed by atoms with Crippen LogP contribution < -0.4 is 5.32 Å². The number of rotatable bonds is 4. The van der Waals surface area contributed by atoms with E-state index in [2.05, 4.69) is 5.32 Å². The van der Waals surface area contributed by atoms with E-state index in [0.29, 0.717) is 16.3 Å². The molecule has 1 N–H and O–H groups in total. The molecule has 2 aromatic rings. The minimum atomic E-state index is -0.437. The van der Waals surface area contributed by atoms with Crippen LogP contribution in [0.5, 0.6) is 0 Å². The molecule has 0 saturated heterocycles. The maximum Gasteiger partial charge on any atom is 0.336 e. The number of allylic oxidation sites excluding steroid dienone is 1. The summed E-state index contributed by atoms with van der Waals surface area (Å²) in [7, 11) is 0. The van der Waals surface area contributed by atoms with E-state index in [-0.39, 0.29) is 18.9 Å². The van der Waals surface area contributed by atoms with Crippen LogP contribution in [-0.4, -0.2) is 11.9 Å². The summed E-state index contributed by atoms with van der Waals surface area (Å²) in [5.74, 6) is -0.988. The van der Waals surface area contributed by atoms with Crippen molar-refractivity contribution in [1.29, 1.82) is 0 Å². The predicted molar refractivity (Wildman–Crippen MR) is 101 cm³/mol. The second-order valence-electron chi connectivity index (χ2n) is 6.43. The van der Waals surface area contributed by atoms with Crippen molar-refractivity contribution in [3.05, 3.63) is 81.5 Å². The van der Waals surface area contributed by atoms with Gasteiger partial charge in [-0.2, -0.15) is 0 Å². The zero-order valence-electron chi connectivity index (χ0n) is 14.7. The van der Waals surface area contributed by atoms with Gasteiger partial charge in [0.2, 0.25) is 5.91 Å². The topological polar surface area (TPSA) is 55.4 Å². The Morgan fingerprint density at radius 2 is 1.85 bits per heavy atom. The van der Waals surface area contributed by atoms with E-state index in [1.807, 2.05) is 49.4 Å². The van der Waals surface area contributed by atoms with Crippen molar-refractivity contribution in [2.75, 3.05) is 0 Å². The quantitative estimate of drug-likeness (QED) is 0.819. The van der Waals surface area contributed by atoms with Gasteiger partial charge in [0, 0.05) is 23.1 Å². The van der Waals surface area contributed by atoms with Crippen molar-refractivity contribution >= 4 is 23.5 Å². The van der Waals surface area contributed by atoms with Crippen molar-refractivity contribution in [1.82, 2.24) is 5.32 Å². The first-order valence-corrected chi connectivity index (χ1v) is 8.81. The number of halogens is 1. The lowest BCUT2D eigenvalue weighted by Crippen LogP contribution is -2.34. The van der Waals surface area contributed by atoms with Crippen LogP contribution in [0.3, 0.4) is 0 Å². The summed E-state index contributed by atoms with van der Waals surface area (Å²) >= 11 is 6.30. The zero-order valence-corrected chi connectivity index (χ0v) is 15.5. The normalized spacial score (nSPS) is 17.0. The third-order valence-electron chi connectivity index (χ3n) is 4.46. The lowest BCUT2D eigenvalue weighted by molar-refractivity contribution is -0.141. The molecular weight excluding hydrogens is 350 g/mol. The molecule has 0 unspecified atom stereocenters. The summed E-state index contributed by atoms with van der Waals surface area (Å²) in [6.45, 7) is 3.89. The molecular formula is C21H20ClNO3. The molecule has 1 amide bonds. The van der Waals surface area contributed by atoms with Crippen molar-refractivity contribution in [2.45, 2.75) is 32.8 Å². The average molecular weight is 370 g/mol. The van der Waals surface area contributed by atoms with E-state index in [4.69, 9.17) is 16.3 Å². The molecule has 0 aliphatic carbocycles. The summed E-state index contributed by atoms with van der Waals surface area (Å²) in [5.41, 5.74) is 3.78.